The number of hydrogen-bond acceptors (Lipinski definition) is 6. The van der Waals surface area contributed by atoms with Crippen LogP contribution < -0.4 is 20.9 Å². The van der Waals surface area contributed by atoms with E-state index < -0.39 is 6.03 Å². The van der Waals surface area contributed by atoms with E-state index in [-0.39, 0.29) is 24.8 Å². The van der Waals surface area contributed by atoms with Gasteiger partial charge < -0.3 is 15.5 Å². The number of carbonyl (C=O) groups excluding carboxylic acids is 3. The number of hydrogen-bond donors (Lipinski definition) is 2. The molecule has 2 aromatic carbocycles. The number of nitrogens with one attached hydrogen (secondary N) is 1. The maximum absolute atomic E-state index is 13.5. The van der Waals surface area contributed by atoms with Gasteiger partial charge in [0, 0.05) is 75.2 Å². The van der Waals surface area contributed by atoms with E-state index in [4.69, 9.17) is 17.3 Å². The van der Waals surface area contributed by atoms with Crippen LogP contribution in [-0.2, 0) is 4.79 Å². The summed E-state index contributed by atoms with van der Waals surface area (Å²) in [5.74, 6) is 0.413. The number of benzene rings is 2. The third-order valence-electron chi connectivity index (χ3n) is 10.3. The molecule has 4 fully saturated rings. The third-order valence-corrected chi connectivity index (χ3v) is 10.7. The lowest BCUT2D eigenvalue weighted by atomic mass is 9.65. The number of rotatable bonds is 5. The molecule has 43 heavy (non-hydrogen) atoms. The number of imide groups is 1. The highest BCUT2D eigenvalue weighted by molar-refractivity contribution is 6.34. The van der Waals surface area contributed by atoms with Crippen LogP contribution >= 0.6 is 11.6 Å². The summed E-state index contributed by atoms with van der Waals surface area (Å²) in [7, 11) is 0. The van der Waals surface area contributed by atoms with Gasteiger partial charge in [0.15, 0.2) is 0 Å². The van der Waals surface area contributed by atoms with Crippen LogP contribution in [0.1, 0.15) is 62.2 Å². The van der Waals surface area contributed by atoms with E-state index in [9.17, 15) is 14.4 Å². The monoisotopic (exact) mass is 606 g/mol. The minimum atomic E-state index is -0.506. The van der Waals surface area contributed by atoms with Gasteiger partial charge in [-0.25, -0.2) is 4.79 Å². The summed E-state index contributed by atoms with van der Waals surface area (Å²) in [6, 6.07) is 13.3. The first-order valence-electron chi connectivity index (χ1n) is 15.7. The molecule has 4 amide bonds. The molecular weight excluding hydrogens is 564 g/mol. The van der Waals surface area contributed by atoms with Crippen LogP contribution in [0.3, 0.4) is 0 Å². The van der Waals surface area contributed by atoms with Crippen LogP contribution in [0.5, 0.6) is 0 Å². The van der Waals surface area contributed by atoms with Crippen molar-refractivity contribution in [1.29, 1.82) is 0 Å². The molecule has 2 aromatic rings. The fourth-order valence-electron chi connectivity index (χ4n) is 7.50. The van der Waals surface area contributed by atoms with Crippen LogP contribution in [0.4, 0.5) is 21.9 Å². The minimum absolute atomic E-state index is 0.0259. The number of nitrogen functional groups attached to an aromatic ring is 1. The van der Waals surface area contributed by atoms with Gasteiger partial charge in [-0.15, -0.1) is 0 Å². The van der Waals surface area contributed by atoms with E-state index in [0.29, 0.717) is 27.7 Å². The second-order valence-electron chi connectivity index (χ2n) is 13.0. The highest BCUT2D eigenvalue weighted by Crippen LogP contribution is 2.47. The van der Waals surface area contributed by atoms with E-state index in [1.165, 1.54) is 42.8 Å². The molecule has 0 radical (unpaired) electrons. The standard InChI is InChI=1S/C33H43ClN6O3/c1-23-21-39(27-5-3-26(35)4-6-27)19-18-38(23)22-24-8-11-33(12-9-24)13-16-37(17-14-33)31(42)25-2-7-28(34)29(20-25)40-15-10-30(41)36-32(40)43/h2-7,20,23-24H,8-19,21-22,35H2,1H3,(H,36,41,43)/t23-/m1/s1. The summed E-state index contributed by atoms with van der Waals surface area (Å²) in [5.41, 5.74) is 9.27. The van der Waals surface area contributed by atoms with Gasteiger partial charge in [-0.05, 0) is 99.2 Å². The molecule has 3 heterocycles. The van der Waals surface area contributed by atoms with E-state index in [1.807, 2.05) is 17.0 Å². The number of likely N-dealkylation sites (tertiary alicyclic amines) is 1. The van der Waals surface area contributed by atoms with E-state index in [0.717, 1.165) is 57.2 Å². The Bertz CT molecular complexity index is 1350. The van der Waals surface area contributed by atoms with Crippen molar-refractivity contribution in [3.63, 3.8) is 0 Å². The summed E-state index contributed by atoms with van der Waals surface area (Å²) >= 11 is 6.40. The van der Waals surface area contributed by atoms with Crippen molar-refractivity contribution >= 4 is 46.5 Å². The molecule has 3 saturated heterocycles. The van der Waals surface area contributed by atoms with Crippen LogP contribution in [-0.4, -0.2) is 79.5 Å². The van der Waals surface area contributed by atoms with Gasteiger partial charge in [0.05, 0.1) is 10.7 Å². The maximum Gasteiger partial charge on any atom is 0.328 e. The average molecular weight is 607 g/mol. The Kier molecular flexibility index (Phi) is 8.56. The third kappa shape index (κ3) is 6.48. The fraction of sp³-hybridized carbons (Fsp3) is 0.545. The Morgan fingerprint density at radius 1 is 0.977 bits per heavy atom. The summed E-state index contributed by atoms with van der Waals surface area (Å²) in [6.07, 6.45) is 7.30. The second-order valence-corrected chi connectivity index (χ2v) is 13.4. The molecule has 0 unspecified atom stereocenters. The molecule has 1 atom stereocenters. The number of carbonyl (C=O) groups is 3. The van der Waals surface area contributed by atoms with Crippen LogP contribution in [0.2, 0.25) is 5.02 Å². The number of nitrogens with two attached hydrogens (primary N) is 1. The van der Waals surface area contributed by atoms with Gasteiger partial charge in [-0.1, -0.05) is 11.6 Å². The lowest BCUT2D eigenvalue weighted by Gasteiger charge is -2.48. The summed E-state index contributed by atoms with van der Waals surface area (Å²) in [4.78, 5) is 46.0. The number of halogens is 1. The van der Waals surface area contributed by atoms with Crippen molar-refractivity contribution in [2.45, 2.75) is 57.9 Å². The lowest BCUT2D eigenvalue weighted by molar-refractivity contribution is -0.120. The zero-order valence-corrected chi connectivity index (χ0v) is 25.8. The molecule has 1 saturated carbocycles. The largest absolute Gasteiger partial charge is 0.399 e. The zero-order valence-electron chi connectivity index (χ0n) is 25.1. The summed E-state index contributed by atoms with van der Waals surface area (Å²) in [5, 5.41) is 2.71. The normalized spacial score (nSPS) is 23.5. The highest BCUT2D eigenvalue weighted by Gasteiger charge is 2.40. The van der Waals surface area contributed by atoms with E-state index >= 15 is 0 Å². The van der Waals surface area contributed by atoms with Crippen molar-refractivity contribution in [2.24, 2.45) is 11.3 Å². The molecule has 4 aliphatic rings. The first-order valence-corrected chi connectivity index (χ1v) is 16.1. The smallest absolute Gasteiger partial charge is 0.328 e. The molecule has 0 aromatic heterocycles. The van der Waals surface area contributed by atoms with Crippen LogP contribution in [0, 0.1) is 11.3 Å². The quantitative estimate of drug-likeness (QED) is 0.465. The molecule has 230 valence electrons. The van der Waals surface area contributed by atoms with Gasteiger partial charge in [0.2, 0.25) is 5.91 Å². The Morgan fingerprint density at radius 3 is 2.37 bits per heavy atom. The number of nitrogens with zero attached hydrogens (tertiary/aromatic N) is 4. The Hall–Kier alpha value is -3.30. The lowest BCUT2D eigenvalue weighted by Crippen LogP contribution is -2.53. The first kappa shape index (κ1) is 29.8. The maximum atomic E-state index is 13.5. The van der Waals surface area contributed by atoms with Gasteiger partial charge in [0.1, 0.15) is 0 Å². The Labute approximate surface area is 259 Å². The van der Waals surface area contributed by atoms with Crippen LogP contribution in [0.25, 0.3) is 0 Å². The predicted octanol–water partition coefficient (Wildman–Crippen LogP) is 4.99. The molecule has 1 aliphatic carbocycles. The van der Waals surface area contributed by atoms with Crippen molar-refractivity contribution in [3.05, 3.63) is 53.1 Å². The molecule has 6 rings (SSSR count). The molecule has 3 N–H and O–H groups in total. The molecule has 1 spiro atoms. The number of piperidine rings is 1. The van der Waals surface area contributed by atoms with Crippen LogP contribution in [0.15, 0.2) is 42.5 Å². The molecule has 10 heteroatoms. The summed E-state index contributed by atoms with van der Waals surface area (Å²) < 4.78 is 0. The molecular formula is C33H43ClN6O3. The van der Waals surface area contributed by atoms with Gasteiger partial charge in [0.25, 0.3) is 5.91 Å². The van der Waals surface area contributed by atoms with Crippen molar-refractivity contribution in [2.75, 3.05) is 61.3 Å². The molecule has 3 aliphatic heterocycles. The zero-order chi connectivity index (χ0) is 30.1. The van der Waals surface area contributed by atoms with E-state index in [2.05, 4.69) is 34.2 Å². The van der Waals surface area contributed by atoms with Gasteiger partial charge >= 0.3 is 6.03 Å². The number of piperazine rings is 1. The van der Waals surface area contributed by atoms with Crippen molar-refractivity contribution < 1.29 is 14.4 Å². The minimum Gasteiger partial charge on any atom is -0.399 e. The Morgan fingerprint density at radius 2 is 1.70 bits per heavy atom. The SMILES string of the molecule is C[C@@H]1CN(c2ccc(N)cc2)CCN1CC1CCC2(CC1)CCN(C(=O)c1ccc(Cl)c(N3CCC(=O)NC3=O)c1)CC2. The second kappa shape index (κ2) is 12.4. The van der Waals surface area contributed by atoms with Gasteiger partial charge in [-0.3, -0.25) is 24.7 Å². The predicted molar refractivity (Wildman–Crippen MR) is 171 cm³/mol. The summed E-state index contributed by atoms with van der Waals surface area (Å²) in [6.45, 7) is 8.48. The number of urea groups is 1. The highest BCUT2D eigenvalue weighted by atomic mass is 35.5. The molecule has 9 nitrogen and oxygen atoms in total. The Balaban J connectivity index is 0.985. The van der Waals surface area contributed by atoms with E-state index in [1.54, 1.807) is 18.2 Å². The van der Waals surface area contributed by atoms with Crippen molar-refractivity contribution in [3.8, 4) is 0 Å². The van der Waals surface area contributed by atoms with Gasteiger partial charge in [-0.2, -0.15) is 0 Å². The van der Waals surface area contributed by atoms with Crippen molar-refractivity contribution in [1.82, 2.24) is 15.1 Å². The average Bonchev–Trinajstić information content (AvgIpc) is 3.00. The number of anilines is 3. The molecule has 0 bridgehead atoms. The topological polar surface area (TPSA) is 102 Å². The fourth-order valence-corrected chi connectivity index (χ4v) is 7.72. The first-order chi connectivity index (χ1) is 20.7. The number of amides is 4.